The van der Waals surface area contributed by atoms with E-state index < -0.39 is 5.56 Å². The zero-order valence-electron chi connectivity index (χ0n) is 13.9. The van der Waals surface area contributed by atoms with Crippen molar-refractivity contribution in [1.29, 1.82) is 0 Å². The summed E-state index contributed by atoms with van der Waals surface area (Å²) in [6.07, 6.45) is 3.34. The third-order valence-electron chi connectivity index (χ3n) is 4.44. The van der Waals surface area contributed by atoms with Crippen molar-refractivity contribution in [3.8, 4) is 11.5 Å². The number of pyridine rings is 1. The van der Waals surface area contributed by atoms with E-state index in [1.165, 1.54) is 24.5 Å². The van der Waals surface area contributed by atoms with Crippen LogP contribution >= 0.6 is 0 Å². The van der Waals surface area contributed by atoms with Gasteiger partial charge in [0.05, 0.1) is 12.0 Å². The first-order valence-electron chi connectivity index (χ1n) is 8.44. The Labute approximate surface area is 149 Å². The molecule has 0 bridgehead atoms. The second kappa shape index (κ2) is 6.63. The molecule has 3 aromatic rings. The lowest BCUT2D eigenvalue weighted by atomic mass is 10.1. The largest absolute Gasteiger partial charge is 0.463 e. The number of hydrogen-bond donors (Lipinski definition) is 1. The zero-order valence-corrected chi connectivity index (χ0v) is 13.9. The van der Waals surface area contributed by atoms with Crippen LogP contribution in [0.25, 0.3) is 11.5 Å². The Kier molecular flexibility index (Phi) is 4.16. The van der Waals surface area contributed by atoms with Gasteiger partial charge in [-0.05, 0) is 54.8 Å². The lowest BCUT2D eigenvalue weighted by Gasteiger charge is -2.22. The van der Waals surface area contributed by atoms with E-state index in [2.05, 4.69) is 4.98 Å². The molecule has 1 aliphatic rings. The van der Waals surface area contributed by atoms with Crippen LogP contribution in [0.1, 0.15) is 28.8 Å². The monoisotopic (exact) mass is 352 g/mol. The highest BCUT2D eigenvalue weighted by molar-refractivity contribution is 5.94. The van der Waals surface area contributed by atoms with Crippen LogP contribution in [-0.2, 0) is 6.54 Å². The first-order valence-corrected chi connectivity index (χ1v) is 8.44. The van der Waals surface area contributed by atoms with E-state index in [4.69, 9.17) is 4.42 Å². The van der Waals surface area contributed by atoms with Crippen molar-refractivity contribution in [1.82, 2.24) is 9.88 Å². The summed E-state index contributed by atoms with van der Waals surface area (Å²) < 4.78 is 18.4. The van der Waals surface area contributed by atoms with Crippen LogP contribution in [0.5, 0.6) is 0 Å². The maximum atomic E-state index is 13.1. The minimum Gasteiger partial charge on any atom is -0.463 e. The molecular weight excluding hydrogens is 335 g/mol. The molecule has 1 N–H and O–H groups in total. The number of aromatic nitrogens is 1. The van der Waals surface area contributed by atoms with Crippen molar-refractivity contribution < 1.29 is 13.6 Å². The number of benzene rings is 1. The molecule has 132 valence electrons. The van der Waals surface area contributed by atoms with Gasteiger partial charge in [0.1, 0.15) is 17.1 Å². The SMILES string of the molecule is O=C(c1ccc(-c2ccco2)[nH]c1=O)N(Cc1ccc(F)cc1)C1CC1. The van der Waals surface area contributed by atoms with Crippen molar-refractivity contribution in [2.24, 2.45) is 0 Å². The van der Waals surface area contributed by atoms with Crippen molar-refractivity contribution >= 4 is 5.91 Å². The van der Waals surface area contributed by atoms with Crippen LogP contribution in [0.4, 0.5) is 4.39 Å². The summed E-state index contributed by atoms with van der Waals surface area (Å²) in [4.78, 5) is 29.7. The van der Waals surface area contributed by atoms with Crippen molar-refractivity contribution in [3.05, 3.63) is 82.1 Å². The molecule has 5 nitrogen and oxygen atoms in total. The lowest BCUT2D eigenvalue weighted by molar-refractivity contribution is 0.0728. The molecule has 0 atom stereocenters. The highest BCUT2D eigenvalue weighted by atomic mass is 19.1. The number of rotatable bonds is 5. The predicted octanol–water partition coefficient (Wildman–Crippen LogP) is 3.58. The summed E-state index contributed by atoms with van der Waals surface area (Å²) in [6.45, 7) is 0.350. The minimum absolute atomic E-state index is 0.0920. The fourth-order valence-corrected chi connectivity index (χ4v) is 2.91. The molecule has 1 aliphatic carbocycles. The summed E-state index contributed by atoms with van der Waals surface area (Å²) >= 11 is 0. The van der Waals surface area contributed by atoms with E-state index in [0.717, 1.165) is 18.4 Å². The number of carbonyl (C=O) groups excluding carboxylic acids is 1. The molecule has 1 aromatic carbocycles. The Balaban J connectivity index is 1.60. The third kappa shape index (κ3) is 3.31. The number of furan rings is 1. The van der Waals surface area contributed by atoms with Crippen LogP contribution in [0.3, 0.4) is 0 Å². The van der Waals surface area contributed by atoms with E-state index >= 15 is 0 Å². The highest BCUT2D eigenvalue weighted by Gasteiger charge is 2.34. The normalized spacial score (nSPS) is 13.6. The first kappa shape index (κ1) is 16.3. The molecule has 26 heavy (non-hydrogen) atoms. The molecule has 0 saturated heterocycles. The lowest BCUT2D eigenvalue weighted by Crippen LogP contribution is -2.36. The van der Waals surface area contributed by atoms with Crippen molar-refractivity contribution in [3.63, 3.8) is 0 Å². The van der Waals surface area contributed by atoms with Crippen LogP contribution in [0.15, 0.2) is 64.0 Å². The van der Waals surface area contributed by atoms with E-state index in [9.17, 15) is 14.0 Å². The summed E-state index contributed by atoms with van der Waals surface area (Å²) in [7, 11) is 0. The van der Waals surface area contributed by atoms with Gasteiger partial charge in [-0.1, -0.05) is 12.1 Å². The second-order valence-electron chi connectivity index (χ2n) is 6.38. The van der Waals surface area contributed by atoms with Crippen LogP contribution in [0.2, 0.25) is 0 Å². The summed E-state index contributed by atoms with van der Waals surface area (Å²) in [5, 5.41) is 0. The quantitative estimate of drug-likeness (QED) is 0.763. The Morgan fingerprint density at radius 1 is 1.15 bits per heavy atom. The minimum atomic E-state index is -0.450. The van der Waals surface area contributed by atoms with Crippen LogP contribution in [0, 0.1) is 5.82 Å². The molecule has 0 spiro atoms. The zero-order chi connectivity index (χ0) is 18.1. The Morgan fingerprint density at radius 2 is 1.92 bits per heavy atom. The van der Waals surface area contributed by atoms with Gasteiger partial charge in [0.2, 0.25) is 0 Å². The number of H-pyrrole nitrogens is 1. The molecule has 1 saturated carbocycles. The molecule has 2 aromatic heterocycles. The molecule has 0 radical (unpaired) electrons. The number of aromatic amines is 1. The van der Waals surface area contributed by atoms with Crippen LogP contribution in [-0.4, -0.2) is 21.8 Å². The van der Waals surface area contributed by atoms with E-state index in [0.29, 0.717) is 18.0 Å². The Morgan fingerprint density at radius 3 is 2.54 bits per heavy atom. The fourth-order valence-electron chi connectivity index (χ4n) is 2.91. The maximum absolute atomic E-state index is 13.1. The predicted molar refractivity (Wildman–Crippen MR) is 94.1 cm³/mol. The average Bonchev–Trinajstić information content (AvgIpc) is 3.33. The summed E-state index contributed by atoms with van der Waals surface area (Å²) in [5.74, 6) is -0.0986. The molecule has 1 amide bonds. The molecule has 0 unspecified atom stereocenters. The molecule has 1 fully saturated rings. The number of hydrogen-bond acceptors (Lipinski definition) is 3. The number of amides is 1. The number of halogens is 1. The van der Waals surface area contributed by atoms with E-state index in [1.807, 2.05) is 0 Å². The van der Waals surface area contributed by atoms with Gasteiger partial charge in [-0.3, -0.25) is 9.59 Å². The third-order valence-corrected chi connectivity index (χ3v) is 4.44. The molecule has 0 aliphatic heterocycles. The molecule has 4 rings (SSSR count). The van der Waals surface area contributed by atoms with Gasteiger partial charge in [-0.2, -0.15) is 0 Å². The number of carbonyl (C=O) groups is 1. The van der Waals surface area contributed by atoms with Crippen molar-refractivity contribution in [2.75, 3.05) is 0 Å². The second-order valence-corrected chi connectivity index (χ2v) is 6.38. The van der Waals surface area contributed by atoms with Crippen molar-refractivity contribution in [2.45, 2.75) is 25.4 Å². The maximum Gasteiger partial charge on any atom is 0.261 e. The van der Waals surface area contributed by atoms with Gasteiger partial charge in [0, 0.05) is 12.6 Å². The molecule has 6 heteroatoms. The molecular formula is C20H17FN2O3. The van der Waals surface area contributed by atoms with Gasteiger partial charge in [-0.25, -0.2) is 4.39 Å². The van der Waals surface area contributed by atoms with E-state index in [-0.39, 0.29) is 23.3 Å². The van der Waals surface area contributed by atoms with Gasteiger partial charge in [-0.15, -0.1) is 0 Å². The van der Waals surface area contributed by atoms with E-state index in [1.54, 1.807) is 35.2 Å². The Bertz CT molecular complexity index is 973. The fraction of sp³-hybridized carbons (Fsp3) is 0.200. The smallest absolute Gasteiger partial charge is 0.261 e. The van der Waals surface area contributed by atoms with Crippen LogP contribution < -0.4 is 5.56 Å². The molecule has 2 heterocycles. The number of nitrogens with one attached hydrogen (secondary N) is 1. The van der Waals surface area contributed by atoms with Gasteiger partial charge in [0.25, 0.3) is 11.5 Å². The standard InChI is InChI=1S/C20H17FN2O3/c21-14-5-3-13(4-6-14)12-23(15-7-8-15)20(25)16-9-10-17(22-19(16)24)18-2-1-11-26-18/h1-6,9-11,15H,7-8,12H2,(H,22,24). The van der Waals surface area contributed by atoms with Gasteiger partial charge in [0.15, 0.2) is 0 Å². The highest BCUT2D eigenvalue weighted by Crippen LogP contribution is 2.29. The number of nitrogens with zero attached hydrogens (tertiary/aromatic N) is 1. The van der Waals surface area contributed by atoms with Gasteiger partial charge < -0.3 is 14.3 Å². The Hall–Kier alpha value is -3.15. The summed E-state index contributed by atoms with van der Waals surface area (Å²) in [5.41, 5.74) is 0.992. The topological polar surface area (TPSA) is 66.3 Å². The summed E-state index contributed by atoms with van der Waals surface area (Å²) in [6, 6.07) is 12.8. The first-order chi connectivity index (χ1) is 12.6. The average molecular weight is 352 g/mol. The van der Waals surface area contributed by atoms with Gasteiger partial charge >= 0.3 is 0 Å².